The van der Waals surface area contributed by atoms with Crippen LogP contribution < -0.4 is 10.4 Å². The number of benzene rings is 2. The number of aliphatic hydroxyl groups excluding tert-OH is 2. The molecule has 0 aliphatic carbocycles. The molecule has 2 N–H and O–H groups in total. The molecule has 0 aromatic heterocycles. The highest BCUT2D eigenvalue weighted by Gasteiger charge is 2.50. The van der Waals surface area contributed by atoms with Gasteiger partial charge in [0.2, 0.25) is 0 Å². The molecule has 0 spiro atoms. The van der Waals surface area contributed by atoms with E-state index in [0.29, 0.717) is 32.5 Å². The lowest BCUT2D eigenvalue weighted by molar-refractivity contribution is -0.141. The Hall–Kier alpha value is -1.54. The topological polar surface area (TPSA) is 68.2 Å². The van der Waals surface area contributed by atoms with E-state index in [1.807, 2.05) is 26.0 Å². The van der Waals surface area contributed by atoms with Gasteiger partial charge in [0.1, 0.15) is 0 Å². The maximum atomic E-state index is 10.6. The first-order chi connectivity index (χ1) is 15.5. The zero-order valence-corrected chi connectivity index (χ0v) is 21.7. The van der Waals surface area contributed by atoms with E-state index in [4.69, 9.17) is 13.9 Å². The summed E-state index contributed by atoms with van der Waals surface area (Å²) in [5.74, 6) is -0.605. The van der Waals surface area contributed by atoms with Crippen LogP contribution in [-0.4, -0.2) is 55.8 Å². The fourth-order valence-electron chi connectivity index (χ4n) is 4.82. The first-order valence-electron chi connectivity index (χ1n) is 12.0. The summed E-state index contributed by atoms with van der Waals surface area (Å²) in [6.45, 7) is 11.4. The second-order valence-corrected chi connectivity index (χ2v) is 14.8. The van der Waals surface area contributed by atoms with Crippen molar-refractivity contribution >= 4 is 18.7 Å². The van der Waals surface area contributed by atoms with Gasteiger partial charge in [0.25, 0.3) is 8.32 Å². The highest BCUT2D eigenvalue weighted by atomic mass is 28.4. The van der Waals surface area contributed by atoms with E-state index in [-0.39, 0.29) is 11.1 Å². The summed E-state index contributed by atoms with van der Waals surface area (Å²) in [5, 5.41) is 23.4. The molecule has 3 rings (SSSR count). The molecule has 0 radical (unpaired) electrons. The van der Waals surface area contributed by atoms with Crippen molar-refractivity contribution in [3.05, 3.63) is 60.7 Å². The summed E-state index contributed by atoms with van der Waals surface area (Å²) in [4.78, 5) is 0. The van der Waals surface area contributed by atoms with Gasteiger partial charge < -0.3 is 24.1 Å². The molecule has 2 aromatic rings. The molecule has 1 heterocycles. The van der Waals surface area contributed by atoms with Gasteiger partial charge in [-0.25, -0.2) is 0 Å². The standard InChI is InChI=1S/C27H40O5Si/c1-26(2,3)33(24-12-8-6-9-13-24,25-14-10-7-11-15-25)31-17-16-21(28)18-22(29)19-23-20-30-27(4,5)32-23/h6-15,21-23,28-29H,16-20H2,1-5H3/t21-,22-,23-/m0/s1. The Morgan fingerprint density at radius 2 is 1.52 bits per heavy atom. The lowest BCUT2D eigenvalue weighted by Crippen LogP contribution is -2.66. The van der Waals surface area contributed by atoms with Crippen molar-refractivity contribution in [1.29, 1.82) is 0 Å². The van der Waals surface area contributed by atoms with E-state index in [1.54, 1.807) is 0 Å². The molecule has 5 nitrogen and oxygen atoms in total. The van der Waals surface area contributed by atoms with Crippen molar-refractivity contribution in [2.24, 2.45) is 0 Å². The third kappa shape index (κ3) is 6.53. The minimum atomic E-state index is -2.61. The maximum absolute atomic E-state index is 10.6. The molecule has 1 aliphatic heterocycles. The molecule has 0 saturated carbocycles. The van der Waals surface area contributed by atoms with Crippen LogP contribution >= 0.6 is 0 Å². The van der Waals surface area contributed by atoms with Gasteiger partial charge in [-0.2, -0.15) is 0 Å². The van der Waals surface area contributed by atoms with Crippen LogP contribution in [0.15, 0.2) is 60.7 Å². The molecular weight excluding hydrogens is 432 g/mol. The van der Waals surface area contributed by atoms with Gasteiger partial charge in [-0.3, -0.25) is 0 Å². The number of rotatable bonds is 10. The lowest BCUT2D eigenvalue weighted by Gasteiger charge is -2.43. The minimum Gasteiger partial charge on any atom is -0.407 e. The van der Waals surface area contributed by atoms with Crippen molar-refractivity contribution in [3.8, 4) is 0 Å². The van der Waals surface area contributed by atoms with Crippen LogP contribution in [0, 0.1) is 0 Å². The fourth-order valence-corrected chi connectivity index (χ4v) is 9.40. The van der Waals surface area contributed by atoms with Crippen molar-refractivity contribution in [1.82, 2.24) is 0 Å². The third-order valence-electron chi connectivity index (χ3n) is 6.33. The minimum absolute atomic E-state index is 0.104. The highest BCUT2D eigenvalue weighted by Crippen LogP contribution is 2.37. The van der Waals surface area contributed by atoms with E-state index in [1.165, 1.54) is 10.4 Å². The zero-order valence-electron chi connectivity index (χ0n) is 20.7. The van der Waals surface area contributed by atoms with Gasteiger partial charge in [0.15, 0.2) is 5.79 Å². The van der Waals surface area contributed by atoms with Crippen molar-refractivity contribution in [2.75, 3.05) is 13.2 Å². The molecule has 2 aromatic carbocycles. The van der Waals surface area contributed by atoms with E-state index in [2.05, 4.69) is 69.3 Å². The van der Waals surface area contributed by atoms with Gasteiger partial charge in [0.05, 0.1) is 24.9 Å². The molecule has 33 heavy (non-hydrogen) atoms. The van der Waals surface area contributed by atoms with E-state index in [9.17, 15) is 10.2 Å². The molecule has 1 aliphatic rings. The second kappa shape index (κ2) is 10.8. The molecule has 0 amide bonds. The average Bonchev–Trinajstić information content (AvgIpc) is 3.09. The van der Waals surface area contributed by atoms with Crippen molar-refractivity contribution < 1.29 is 24.1 Å². The Morgan fingerprint density at radius 1 is 0.970 bits per heavy atom. The average molecular weight is 473 g/mol. The predicted octanol–water partition coefficient (Wildman–Crippen LogP) is 3.61. The first-order valence-corrected chi connectivity index (χ1v) is 13.9. The molecule has 182 valence electrons. The van der Waals surface area contributed by atoms with Crippen LogP contribution in [0.1, 0.15) is 53.9 Å². The number of hydrogen-bond donors (Lipinski definition) is 2. The summed E-state index contributed by atoms with van der Waals surface area (Å²) in [5.41, 5.74) is 0. The SMILES string of the molecule is CC1(C)OC[C@H](C[C@@H](O)C[C@@H](O)CCO[Si](c2ccccc2)(c2ccccc2)C(C)(C)C)O1. The summed E-state index contributed by atoms with van der Waals surface area (Å²) in [6.07, 6.45) is -0.213. The Bertz CT molecular complexity index is 810. The molecule has 0 unspecified atom stereocenters. The van der Waals surface area contributed by atoms with Crippen LogP contribution in [0.2, 0.25) is 5.04 Å². The normalized spacial score (nSPS) is 20.5. The number of hydrogen-bond acceptors (Lipinski definition) is 5. The predicted molar refractivity (Wildman–Crippen MR) is 134 cm³/mol. The molecule has 1 fully saturated rings. The maximum Gasteiger partial charge on any atom is 0.261 e. The smallest absolute Gasteiger partial charge is 0.261 e. The van der Waals surface area contributed by atoms with Gasteiger partial charge in [0, 0.05) is 13.0 Å². The highest BCUT2D eigenvalue weighted by molar-refractivity contribution is 6.99. The Balaban J connectivity index is 1.66. The largest absolute Gasteiger partial charge is 0.407 e. The molecule has 3 atom stereocenters. The van der Waals surface area contributed by atoms with Crippen LogP contribution in [-0.2, 0) is 13.9 Å². The molecule has 6 heteroatoms. The molecular formula is C27H40O5Si. The Labute approximate surface area is 199 Å². The van der Waals surface area contributed by atoms with Gasteiger partial charge >= 0.3 is 0 Å². The Kier molecular flexibility index (Phi) is 8.54. The van der Waals surface area contributed by atoms with Crippen LogP contribution in [0.3, 0.4) is 0 Å². The summed E-state index contributed by atoms with van der Waals surface area (Å²) in [6, 6.07) is 21.0. The number of aliphatic hydroxyl groups is 2. The molecule has 1 saturated heterocycles. The van der Waals surface area contributed by atoms with Gasteiger partial charge in [-0.15, -0.1) is 0 Å². The number of ether oxygens (including phenoxy) is 2. The lowest BCUT2D eigenvalue weighted by atomic mass is 10.0. The fraction of sp³-hybridized carbons (Fsp3) is 0.556. The van der Waals surface area contributed by atoms with Crippen LogP contribution in [0.25, 0.3) is 0 Å². The van der Waals surface area contributed by atoms with Crippen LogP contribution in [0.5, 0.6) is 0 Å². The van der Waals surface area contributed by atoms with Gasteiger partial charge in [-0.1, -0.05) is 81.4 Å². The monoisotopic (exact) mass is 472 g/mol. The third-order valence-corrected chi connectivity index (χ3v) is 11.4. The zero-order chi connectivity index (χ0) is 24.1. The van der Waals surface area contributed by atoms with Gasteiger partial charge in [-0.05, 0) is 42.1 Å². The Morgan fingerprint density at radius 3 is 1.97 bits per heavy atom. The van der Waals surface area contributed by atoms with Crippen LogP contribution in [0.4, 0.5) is 0 Å². The van der Waals surface area contributed by atoms with Crippen molar-refractivity contribution in [2.45, 2.75) is 83.0 Å². The first kappa shape index (κ1) is 26.1. The second-order valence-electron chi connectivity index (χ2n) is 10.5. The van der Waals surface area contributed by atoms with E-state index >= 15 is 0 Å². The quantitative estimate of drug-likeness (QED) is 0.517. The summed E-state index contributed by atoms with van der Waals surface area (Å²) < 4.78 is 18.2. The van der Waals surface area contributed by atoms with E-state index in [0.717, 1.165) is 0 Å². The van der Waals surface area contributed by atoms with Crippen molar-refractivity contribution in [3.63, 3.8) is 0 Å². The summed E-state index contributed by atoms with van der Waals surface area (Å²) in [7, 11) is -2.61. The summed E-state index contributed by atoms with van der Waals surface area (Å²) >= 11 is 0. The molecule has 0 bridgehead atoms. The van der Waals surface area contributed by atoms with E-state index < -0.39 is 26.3 Å².